The van der Waals surface area contributed by atoms with Crippen molar-refractivity contribution < 1.29 is 33.0 Å². The maximum absolute atomic E-state index is 8.55. The molecule has 0 fully saturated rings. The molecule has 44 heavy (non-hydrogen) atoms. The molecule has 0 aromatic heterocycles. The quantitative estimate of drug-likeness (QED) is 0.252. The lowest BCUT2D eigenvalue weighted by Gasteiger charge is -2.36. The van der Waals surface area contributed by atoms with E-state index in [1.165, 1.54) is 50.9 Å². The fourth-order valence-corrected chi connectivity index (χ4v) is 6.27. The molecule has 6 rings (SSSR count). The molecule has 3 aliphatic heterocycles. The summed E-state index contributed by atoms with van der Waals surface area (Å²) in [6, 6.07) is 25.9. The van der Waals surface area contributed by atoms with Crippen LogP contribution in [0.15, 0.2) is 72.8 Å². The number of hydrogen-bond acceptors (Lipinski definition) is 4. The molecular weight excluding hydrogens is 569 g/mol. The van der Waals surface area contributed by atoms with Crippen molar-refractivity contribution in [3.63, 3.8) is 0 Å². The largest absolute Gasteiger partial charge is 0.822 e. The number of fused-ring (bicyclic) bond motifs is 3. The third kappa shape index (κ3) is 6.87. The molecule has 0 N–H and O–H groups in total. The molecule has 0 atom stereocenters. The number of para-hydroxylation sites is 3. The van der Waals surface area contributed by atoms with Crippen molar-refractivity contribution in [1.29, 1.82) is 0 Å². The zero-order valence-electron chi connectivity index (χ0n) is 28.4. The van der Waals surface area contributed by atoms with Crippen molar-refractivity contribution in [1.82, 2.24) is 0 Å². The molecule has 0 bridgehead atoms. The van der Waals surface area contributed by atoms with Crippen LogP contribution in [0, 0.1) is 0 Å². The summed E-state index contributed by atoms with van der Waals surface area (Å²) in [5, 5.41) is 0. The first-order valence-corrected chi connectivity index (χ1v) is 16.4. The zero-order valence-corrected chi connectivity index (χ0v) is 29.2. The summed E-state index contributed by atoms with van der Waals surface area (Å²) in [7, 11) is 1.04. The number of hydrogen-bond donors (Lipinski definition) is 0. The molecule has 8 heteroatoms. The Labute approximate surface area is 263 Å². The topological polar surface area (TPSA) is 95.3 Å². The summed E-state index contributed by atoms with van der Waals surface area (Å²) in [5.74, 6) is 0. The van der Waals surface area contributed by atoms with Crippen molar-refractivity contribution in [3.8, 4) is 0 Å². The molecule has 0 aliphatic carbocycles. The summed E-state index contributed by atoms with van der Waals surface area (Å²) >= 11 is 0. The van der Waals surface area contributed by atoms with Crippen LogP contribution in [-0.4, -0.2) is 52.0 Å². The van der Waals surface area contributed by atoms with Gasteiger partial charge in [0, 0.05) is 55.7 Å². The van der Waals surface area contributed by atoms with Crippen LogP contribution >= 0.6 is 7.82 Å². The highest BCUT2D eigenvalue weighted by molar-refractivity contribution is 7.40. The fourth-order valence-electron chi connectivity index (χ4n) is 6.27. The Morgan fingerprint density at radius 1 is 0.477 bits per heavy atom. The van der Waals surface area contributed by atoms with Crippen LogP contribution in [0.4, 0.5) is 17.1 Å². The highest BCUT2D eigenvalue weighted by Gasteiger charge is 2.42. The van der Waals surface area contributed by atoms with Gasteiger partial charge in [-0.25, -0.2) is 13.7 Å². The van der Waals surface area contributed by atoms with Crippen LogP contribution in [0.1, 0.15) is 79.0 Å². The van der Waals surface area contributed by atoms with E-state index in [9.17, 15) is 0 Å². The van der Waals surface area contributed by atoms with E-state index >= 15 is 0 Å². The first-order valence-electron chi connectivity index (χ1n) is 14.9. The van der Waals surface area contributed by atoms with Gasteiger partial charge in [-0.3, -0.25) is 0 Å². The van der Waals surface area contributed by atoms with Crippen molar-refractivity contribution in [3.05, 3.63) is 89.5 Å². The third-order valence-electron chi connectivity index (χ3n) is 10.0. The Balaban J connectivity index is 0.000000168. The molecule has 3 aromatic rings. The molecule has 3 heterocycles. The van der Waals surface area contributed by atoms with Gasteiger partial charge < -0.3 is 19.2 Å². The Morgan fingerprint density at radius 2 is 0.659 bits per heavy atom. The highest BCUT2D eigenvalue weighted by Crippen LogP contribution is 2.40. The molecule has 0 saturated carbocycles. The smallest absolute Gasteiger partial charge is 0.209 e. The summed E-state index contributed by atoms with van der Waals surface area (Å²) in [4.78, 5) is 25.6. The average Bonchev–Trinajstić information content (AvgIpc) is 3.34. The van der Waals surface area contributed by atoms with Crippen molar-refractivity contribution in [2.75, 3.05) is 21.1 Å². The number of benzene rings is 3. The number of nitrogens with zero attached hydrogens (tertiary/aromatic N) is 3. The molecular formula is C36H48N3O4P. The summed E-state index contributed by atoms with van der Waals surface area (Å²) in [5.41, 5.74) is 13.2. The standard InChI is InChI=1S/3C12H16N.H3O4P/c3*1-9-12(2,3)10-7-5-6-8-11(10)13(9)4;1-5(2,3)4/h3*5-8H,1-4H3;(H3,1,2,3,4)/q3*+1;/p-3. The first kappa shape index (κ1) is 35.3. The van der Waals surface area contributed by atoms with Crippen LogP contribution in [0.3, 0.4) is 0 Å². The average molecular weight is 618 g/mol. The maximum Gasteiger partial charge on any atom is 0.209 e. The predicted octanol–water partition coefficient (Wildman–Crippen LogP) is 5.31. The van der Waals surface area contributed by atoms with Crippen LogP contribution in [-0.2, 0) is 20.8 Å². The lowest BCUT2D eigenvalue weighted by atomic mass is 9.82. The Kier molecular flexibility index (Phi) is 10.1. The lowest BCUT2D eigenvalue weighted by molar-refractivity contribution is -0.432. The second kappa shape index (κ2) is 12.6. The molecule has 3 aliphatic rings. The van der Waals surface area contributed by atoms with Crippen LogP contribution < -0.4 is 14.7 Å². The summed E-state index contributed by atoms with van der Waals surface area (Å²) in [6.45, 7) is 20.3. The maximum atomic E-state index is 8.55. The molecule has 7 nitrogen and oxygen atoms in total. The Hall–Kier alpha value is -3.22. The van der Waals surface area contributed by atoms with Gasteiger partial charge in [0.05, 0.1) is 16.2 Å². The van der Waals surface area contributed by atoms with Crippen molar-refractivity contribution >= 4 is 42.0 Å². The van der Waals surface area contributed by atoms with Gasteiger partial charge in [0.1, 0.15) is 21.1 Å². The molecule has 0 amide bonds. The summed E-state index contributed by atoms with van der Waals surface area (Å²) < 4.78 is 15.4. The monoisotopic (exact) mass is 617 g/mol. The van der Waals surface area contributed by atoms with Gasteiger partial charge in [-0.2, -0.15) is 7.82 Å². The molecule has 0 spiro atoms. The van der Waals surface area contributed by atoms with E-state index in [1.54, 1.807) is 0 Å². The van der Waals surface area contributed by atoms with E-state index < -0.39 is 7.82 Å². The van der Waals surface area contributed by atoms with Crippen molar-refractivity contribution in [2.24, 2.45) is 0 Å². The second-order valence-corrected chi connectivity index (χ2v) is 14.2. The molecule has 0 saturated heterocycles. The number of phosphoric acid groups is 1. The minimum Gasteiger partial charge on any atom is -0.822 e. The Bertz CT molecular complexity index is 1510. The SMILES string of the molecule is CC1=[N+](C)c2ccccc2C1(C)C.CC1=[N+](C)c2ccccc2C1(C)C.CC1=[N+](C)c2ccccc2C1(C)C.O=P([O-])([O-])[O-]. The van der Waals surface area contributed by atoms with Gasteiger partial charge in [0.15, 0.2) is 17.1 Å². The van der Waals surface area contributed by atoms with E-state index in [2.05, 4.69) is 170 Å². The van der Waals surface area contributed by atoms with E-state index in [-0.39, 0.29) is 16.2 Å². The van der Waals surface area contributed by atoms with Gasteiger partial charge in [-0.1, -0.05) is 54.6 Å². The van der Waals surface area contributed by atoms with Crippen molar-refractivity contribution in [2.45, 2.75) is 78.6 Å². The van der Waals surface area contributed by atoms with Crippen LogP contribution in [0.25, 0.3) is 0 Å². The van der Waals surface area contributed by atoms with E-state index in [0.717, 1.165) is 0 Å². The first-order chi connectivity index (χ1) is 20.1. The molecule has 236 valence electrons. The van der Waals surface area contributed by atoms with E-state index in [0.29, 0.717) is 0 Å². The normalized spacial score (nSPS) is 18.2. The molecule has 0 radical (unpaired) electrons. The van der Waals surface area contributed by atoms with Gasteiger partial charge >= 0.3 is 0 Å². The highest BCUT2D eigenvalue weighted by atomic mass is 31.2. The second-order valence-electron chi connectivity index (χ2n) is 13.3. The lowest BCUT2D eigenvalue weighted by Crippen LogP contribution is -2.25. The molecule has 3 aromatic carbocycles. The van der Waals surface area contributed by atoms with Gasteiger partial charge in [-0.15, -0.1) is 0 Å². The predicted molar refractivity (Wildman–Crippen MR) is 176 cm³/mol. The van der Waals surface area contributed by atoms with Gasteiger partial charge in [-0.05, 0) is 41.5 Å². The third-order valence-corrected chi connectivity index (χ3v) is 10.0. The van der Waals surface area contributed by atoms with Gasteiger partial charge in [0.2, 0.25) is 17.1 Å². The van der Waals surface area contributed by atoms with Crippen LogP contribution in [0.2, 0.25) is 0 Å². The van der Waals surface area contributed by atoms with E-state index in [4.69, 9.17) is 19.2 Å². The summed E-state index contributed by atoms with van der Waals surface area (Å²) in [6.07, 6.45) is 0. The minimum absolute atomic E-state index is 0.200. The van der Waals surface area contributed by atoms with E-state index in [1.807, 2.05) is 0 Å². The molecule has 0 unspecified atom stereocenters. The Morgan fingerprint density at radius 3 is 0.841 bits per heavy atom. The van der Waals surface area contributed by atoms with Crippen LogP contribution in [0.5, 0.6) is 0 Å². The minimum atomic E-state index is -5.39. The zero-order chi connectivity index (χ0) is 33.4. The van der Waals surface area contributed by atoms with Gasteiger partial charge in [0.25, 0.3) is 0 Å². The number of rotatable bonds is 0. The fraction of sp³-hybridized carbons (Fsp3) is 0.417.